The van der Waals surface area contributed by atoms with Crippen molar-refractivity contribution in [2.45, 2.75) is 13.3 Å². The molecule has 2 aromatic rings. The van der Waals surface area contributed by atoms with Gasteiger partial charge in [-0.1, -0.05) is 12.1 Å². The van der Waals surface area contributed by atoms with E-state index in [0.29, 0.717) is 10.0 Å². The van der Waals surface area contributed by atoms with Crippen molar-refractivity contribution in [2.24, 2.45) is 0 Å². The highest BCUT2D eigenvalue weighted by Crippen LogP contribution is 2.23. The number of aryl methyl sites for hydroxylation is 1. The molecule has 0 saturated heterocycles. The van der Waals surface area contributed by atoms with Gasteiger partial charge in [-0.15, -0.1) is 11.3 Å². The van der Waals surface area contributed by atoms with E-state index in [1.165, 1.54) is 17.4 Å². The predicted octanol–water partition coefficient (Wildman–Crippen LogP) is 4.38. The van der Waals surface area contributed by atoms with Crippen LogP contribution in [0.2, 0.25) is 0 Å². The van der Waals surface area contributed by atoms with E-state index in [9.17, 15) is 9.18 Å². The number of carbonyl (C=O) groups excluding carboxylic acids is 1. The number of rotatable bonds is 3. The second kappa shape index (κ2) is 5.10. The van der Waals surface area contributed by atoms with Gasteiger partial charge in [0.2, 0.25) is 0 Å². The van der Waals surface area contributed by atoms with Crippen LogP contribution in [0.4, 0.5) is 4.39 Å². The SMILES string of the molecule is Cc1ccc(C(=O)Cc2cccc(F)c2Br)s1. The van der Waals surface area contributed by atoms with Gasteiger partial charge < -0.3 is 0 Å². The fourth-order valence-corrected chi connectivity index (χ4v) is 2.74. The summed E-state index contributed by atoms with van der Waals surface area (Å²) in [5.41, 5.74) is 0.682. The topological polar surface area (TPSA) is 17.1 Å². The molecule has 1 aromatic carbocycles. The molecule has 4 heteroatoms. The number of Topliss-reactive ketones (excluding diaryl/α,β-unsaturated/α-hetero) is 1. The molecule has 1 aromatic heterocycles. The standard InChI is InChI=1S/C13H10BrFOS/c1-8-5-6-12(17-8)11(16)7-9-3-2-4-10(15)13(9)14/h2-6H,7H2,1H3. The summed E-state index contributed by atoms with van der Waals surface area (Å²) in [5.74, 6) is -0.313. The fourth-order valence-electron chi connectivity index (χ4n) is 1.53. The maximum absolute atomic E-state index is 13.3. The smallest absolute Gasteiger partial charge is 0.177 e. The van der Waals surface area contributed by atoms with Crippen LogP contribution in [0.3, 0.4) is 0 Å². The molecule has 1 heterocycles. The van der Waals surface area contributed by atoms with Crippen molar-refractivity contribution in [1.29, 1.82) is 0 Å². The zero-order valence-electron chi connectivity index (χ0n) is 9.17. The van der Waals surface area contributed by atoms with E-state index in [4.69, 9.17) is 0 Å². The van der Waals surface area contributed by atoms with Gasteiger partial charge in [-0.05, 0) is 46.6 Å². The molecule has 0 fully saturated rings. The average Bonchev–Trinajstić information content (AvgIpc) is 2.72. The molecular formula is C13H10BrFOS. The minimum Gasteiger partial charge on any atom is -0.293 e. The van der Waals surface area contributed by atoms with Gasteiger partial charge in [0.1, 0.15) is 5.82 Å². The van der Waals surface area contributed by atoms with Gasteiger partial charge in [0.05, 0.1) is 9.35 Å². The quantitative estimate of drug-likeness (QED) is 0.768. The summed E-state index contributed by atoms with van der Waals surface area (Å²) in [7, 11) is 0. The number of carbonyl (C=O) groups is 1. The number of thiophene rings is 1. The largest absolute Gasteiger partial charge is 0.293 e. The average molecular weight is 313 g/mol. The Kier molecular flexibility index (Phi) is 3.74. The Balaban J connectivity index is 2.21. The zero-order chi connectivity index (χ0) is 12.4. The zero-order valence-corrected chi connectivity index (χ0v) is 11.6. The minimum absolute atomic E-state index is 0.0226. The van der Waals surface area contributed by atoms with Crippen LogP contribution in [0.25, 0.3) is 0 Å². The lowest BCUT2D eigenvalue weighted by Crippen LogP contribution is -2.02. The van der Waals surface area contributed by atoms with Crippen molar-refractivity contribution in [3.8, 4) is 0 Å². The normalized spacial score (nSPS) is 10.5. The summed E-state index contributed by atoms with van der Waals surface area (Å²) in [6.07, 6.45) is 0.221. The van der Waals surface area contributed by atoms with Crippen LogP contribution >= 0.6 is 27.3 Å². The number of hydrogen-bond acceptors (Lipinski definition) is 2. The Hall–Kier alpha value is -1.00. The number of ketones is 1. The van der Waals surface area contributed by atoms with Crippen molar-refractivity contribution >= 4 is 33.0 Å². The van der Waals surface area contributed by atoms with E-state index >= 15 is 0 Å². The summed E-state index contributed by atoms with van der Waals surface area (Å²) in [6.45, 7) is 1.96. The van der Waals surface area contributed by atoms with Crippen LogP contribution in [-0.4, -0.2) is 5.78 Å². The molecule has 17 heavy (non-hydrogen) atoms. The van der Waals surface area contributed by atoms with Crippen LogP contribution in [0.1, 0.15) is 20.1 Å². The highest BCUT2D eigenvalue weighted by atomic mass is 79.9. The molecule has 0 radical (unpaired) electrons. The molecule has 0 aliphatic carbocycles. The van der Waals surface area contributed by atoms with E-state index < -0.39 is 0 Å². The maximum atomic E-state index is 13.3. The van der Waals surface area contributed by atoms with Crippen LogP contribution in [0.5, 0.6) is 0 Å². The first kappa shape index (κ1) is 12.5. The third kappa shape index (κ3) is 2.82. The molecule has 1 nitrogen and oxygen atoms in total. The molecule has 0 aliphatic heterocycles. The molecule has 0 bridgehead atoms. The van der Waals surface area contributed by atoms with Gasteiger partial charge >= 0.3 is 0 Å². The lowest BCUT2D eigenvalue weighted by Gasteiger charge is -2.03. The summed E-state index contributed by atoms with van der Waals surface area (Å²) in [6, 6.07) is 8.47. The summed E-state index contributed by atoms with van der Waals surface area (Å²) in [4.78, 5) is 13.8. The fraction of sp³-hybridized carbons (Fsp3) is 0.154. The van der Waals surface area contributed by atoms with Crippen molar-refractivity contribution in [1.82, 2.24) is 0 Å². The van der Waals surface area contributed by atoms with Crippen LogP contribution in [0, 0.1) is 12.7 Å². The summed E-state index contributed by atoms with van der Waals surface area (Å²) < 4.78 is 13.7. The first-order valence-electron chi connectivity index (χ1n) is 5.10. The highest BCUT2D eigenvalue weighted by molar-refractivity contribution is 9.10. The Bertz CT molecular complexity index is 562. The van der Waals surface area contributed by atoms with E-state index in [2.05, 4.69) is 15.9 Å². The van der Waals surface area contributed by atoms with Crippen molar-refractivity contribution in [2.75, 3.05) is 0 Å². The van der Waals surface area contributed by atoms with E-state index in [1.807, 2.05) is 19.1 Å². The summed E-state index contributed by atoms with van der Waals surface area (Å²) >= 11 is 4.63. The Morgan fingerprint density at radius 1 is 1.35 bits per heavy atom. The van der Waals surface area contributed by atoms with Crippen LogP contribution in [0.15, 0.2) is 34.8 Å². The third-order valence-corrected chi connectivity index (χ3v) is 4.33. The molecule has 88 valence electrons. The second-order valence-electron chi connectivity index (χ2n) is 3.72. The highest BCUT2D eigenvalue weighted by Gasteiger charge is 2.12. The van der Waals surface area contributed by atoms with Gasteiger partial charge in [-0.2, -0.15) is 0 Å². The first-order chi connectivity index (χ1) is 8.08. The predicted molar refractivity (Wildman–Crippen MR) is 71.2 cm³/mol. The van der Waals surface area contributed by atoms with Crippen LogP contribution in [-0.2, 0) is 6.42 Å². The van der Waals surface area contributed by atoms with E-state index in [1.54, 1.807) is 12.1 Å². The van der Waals surface area contributed by atoms with Gasteiger partial charge in [-0.3, -0.25) is 4.79 Å². The Morgan fingerprint density at radius 2 is 2.12 bits per heavy atom. The molecule has 0 aliphatic rings. The Morgan fingerprint density at radius 3 is 2.76 bits per heavy atom. The first-order valence-corrected chi connectivity index (χ1v) is 6.71. The van der Waals surface area contributed by atoms with Gasteiger partial charge in [-0.25, -0.2) is 4.39 Å². The number of halogens is 2. The monoisotopic (exact) mass is 312 g/mol. The van der Waals surface area contributed by atoms with Crippen molar-refractivity contribution in [3.05, 3.63) is 55.9 Å². The molecule has 0 N–H and O–H groups in total. The van der Waals surface area contributed by atoms with E-state index in [0.717, 1.165) is 9.75 Å². The molecule has 0 atom stereocenters. The molecular weight excluding hydrogens is 303 g/mol. The van der Waals surface area contributed by atoms with Crippen molar-refractivity contribution < 1.29 is 9.18 Å². The third-order valence-electron chi connectivity index (χ3n) is 2.40. The number of benzene rings is 1. The van der Waals surface area contributed by atoms with E-state index in [-0.39, 0.29) is 18.0 Å². The number of hydrogen-bond donors (Lipinski definition) is 0. The molecule has 0 unspecified atom stereocenters. The maximum Gasteiger partial charge on any atom is 0.177 e. The lowest BCUT2D eigenvalue weighted by atomic mass is 10.1. The Labute approximate surface area is 111 Å². The second-order valence-corrected chi connectivity index (χ2v) is 5.80. The van der Waals surface area contributed by atoms with Gasteiger partial charge in [0.15, 0.2) is 5.78 Å². The minimum atomic E-state index is -0.335. The van der Waals surface area contributed by atoms with Gasteiger partial charge in [0.25, 0.3) is 0 Å². The molecule has 0 amide bonds. The van der Waals surface area contributed by atoms with Crippen molar-refractivity contribution in [3.63, 3.8) is 0 Å². The molecule has 0 spiro atoms. The van der Waals surface area contributed by atoms with Gasteiger partial charge in [0, 0.05) is 11.3 Å². The van der Waals surface area contributed by atoms with Crippen LogP contribution < -0.4 is 0 Å². The lowest BCUT2D eigenvalue weighted by molar-refractivity contribution is 0.0996. The molecule has 0 saturated carbocycles. The molecule has 2 rings (SSSR count). The summed E-state index contributed by atoms with van der Waals surface area (Å²) in [5, 5.41) is 0.